The molecule has 0 aliphatic rings. The third-order valence-corrected chi connectivity index (χ3v) is 7.00. The van der Waals surface area contributed by atoms with Gasteiger partial charge in [-0.1, -0.05) is 42.5 Å². The summed E-state index contributed by atoms with van der Waals surface area (Å²) in [6.07, 6.45) is 3.39. The Hall–Kier alpha value is -4.63. The molecule has 35 heavy (non-hydrogen) atoms. The number of hydrogen-bond donors (Lipinski definition) is 1. The van der Waals surface area contributed by atoms with Gasteiger partial charge in [0.25, 0.3) is 10.0 Å². The van der Waals surface area contributed by atoms with Crippen LogP contribution in [0.25, 0.3) is 39.1 Å². The largest absolute Gasteiger partial charge is 0.280 e. The third kappa shape index (κ3) is 3.98. The first kappa shape index (κ1) is 20.9. The molecule has 0 saturated heterocycles. The second kappa shape index (κ2) is 8.30. The van der Waals surface area contributed by atoms with Crippen molar-refractivity contribution in [2.75, 3.05) is 4.72 Å². The Morgan fingerprint density at radius 3 is 2.46 bits per heavy atom. The van der Waals surface area contributed by atoms with Crippen molar-refractivity contribution in [1.29, 1.82) is 0 Å². The zero-order valence-corrected chi connectivity index (χ0v) is 19.1. The molecule has 0 unspecified atom stereocenters. The van der Waals surface area contributed by atoms with E-state index >= 15 is 0 Å². The molecule has 3 aromatic carbocycles. The highest BCUT2D eigenvalue weighted by Crippen LogP contribution is 2.26. The molecule has 0 spiro atoms. The normalized spacial score (nSPS) is 11.7. The van der Waals surface area contributed by atoms with Crippen molar-refractivity contribution in [2.45, 2.75) is 4.90 Å². The van der Waals surface area contributed by atoms with Gasteiger partial charge in [-0.25, -0.2) is 8.42 Å². The third-order valence-electron chi connectivity index (χ3n) is 5.62. The Balaban J connectivity index is 1.34. The Bertz CT molecular complexity index is 1800. The minimum Gasteiger partial charge on any atom is -0.280 e. The highest BCUT2D eigenvalue weighted by Gasteiger charge is 2.16. The quantitative estimate of drug-likeness (QED) is 0.382. The minimum absolute atomic E-state index is 0.201. The molecule has 1 N–H and O–H groups in total. The van der Waals surface area contributed by atoms with E-state index in [9.17, 15) is 8.42 Å². The molecule has 8 nitrogen and oxygen atoms in total. The van der Waals surface area contributed by atoms with Crippen molar-refractivity contribution in [3.63, 3.8) is 0 Å². The van der Waals surface area contributed by atoms with E-state index in [4.69, 9.17) is 5.10 Å². The summed E-state index contributed by atoms with van der Waals surface area (Å²) in [6.45, 7) is 0. The summed E-state index contributed by atoms with van der Waals surface area (Å²) in [4.78, 5) is 4.34. The van der Waals surface area contributed by atoms with Gasteiger partial charge in [-0.05, 0) is 59.3 Å². The van der Waals surface area contributed by atoms with Crippen LogP contribution >= 0.6 is 0 Å². The van der Waals surface area contributed by atoms with E-state index in [2.05, 4.69) is 19.9 Å². The van der Waals surface area contributed by atoms with Crippen molar-refractivity contribution in [1.82, 2.24) is 24.8 Å². The molecular weight excluding hydrogens is 460 g/mol. The molecule has 3 aromatic heterocycles. The van der Waals surface area contributed by atoms with Crippen LogP contribution in [0.15, 0.2) is 108 Å². The number of aromatic nitrogens is 5. The number of nitrogens with one attached hydrogen (secondary N) is 1. The topological polar surface area (TPSA) is 102 Å². The van der Waals surface area contributed by atoms with Crippen molar-refractivity contribution in [2.24, 2.45) is 0 Å². The van der Waals surface area contributed by atoms with E-state index in [1.165, 1.54) is 0 Å². The van der Waals surface area contributed by atoms with Crippen LogP contribution in [0.1, 0.15) is 0 Å². The fraction of sp³-hybridized carbons (Fsp3) is 0. The number of hydrogen-bond acceptors (Lipinski definition) is 6. The van der Waals surface area contributed by atoms with Gasteiger partial charge in [0, 0.05) is 29.2 Å². The SMILES string of the molecule is O=S(=O)(Nc1cccc(-c2ccc3nnc(-c4cccnc4)n3n2)c1)c1ccc2ccccc2c1. The Morgan fingerprint density at radius 1 is 0.743 bits per heavy atom. The first-order valence-electron chi connectivity index (χ1n) is 10.8. The summed E-state index contributed by atoms with van der Waals surface area (Å²) in [5, 5.41) is 15.0. The summed E-state index contributed by atoms with van der Waals surface area (Å²) < 4.78 is 30.5. The molecule has 0 radical (unpaired) electrons. The number of benzene rings is 3. The summed E-state index contributed by atoms with van der Waals surface area (Å²) in [7, 11) is -3.77. The highest BCUT2D eigenvalue weighted by molar-refractivity contribution is 7.92. The standard InChI is InChI=1S/C26H18N6O2S/c33-35(34,23-11-10-18-5-1-2-6-19(18)16-23)31-22-9-3-7-20(15-22)24-12-13-25-28-29-26(32(25)30-24)21-8-4-14-27-17-21/h1-17,31H. The molecule has 170 valence electrons. The minimum atomic E-state index is -3.77. The maximum atomic E-state index is 13.1. The zero-order valence-electron chi connectivity index (χ0n) is 18.3. The van der Waals surface area contributed by atoms with Crippen LogP contribution < -0.4 is 4.72 Å². The van der Waals surface area contributed by atoms with Crippen LogP contribution in [0.4, 0.5) is 5.69 Å². The van der Waals surface area contributed by atoms with Crippen molar-refractivity contribution in [3.8, 4) is 22.6 Å². The number of nitrogens with zero attached hydrogens (tertiary/aromatic N) is 5. The first-order chi connectivity index (χ1) is 17.1. The van der Waals surface area contributed by atoms with Gasteiger partial charge in [0.05, 0.1) is 10.6 Å². The maximum Gasteiger partial charge on any atom is 0.261 e. The average Bonchev–Trinajstić information content (AvgIpc) is 3.32. The molecule has 0 saturated carbocycles. The lowest BCUT2D eigenvalue weighted by Crippen LogP contribution is -2.13. The summed E-state index contributed by atoms with van der Waals surface area (Å²) >= 11 is 0. The number of sulfonamides is 1. The van der Waals surface area contributed by atoms with Gasteiger partial charge in [0.15, 0.2) is 11.5 Å². The molecule has 0 atom stereocenters. The van der Waals surface area contributed by atoms with Gasteiger partial charge in [0.1, 0.15) is 0 Å². The predicted molar refractivity (Wildman–Crippen MR) is 134 cm³/mol. The van der Waals surface area contributed by atoms with Crippen molar-refractivity contribution < 1.29 is 8.42 Å². The van der Waals surface area contributed by atoms with Gasteiger partial charge in [-0.3, -0.25) is 9.71 Å². The molecule has 0 amide bonds. The van der Waals surface area contributed by atoms with E-state index < -0.39 is 10.0 Å². The zero-order chi connectivity index (χ0) is 23.8. The molecule has 6 rings (SSSR count). The molecule has 0 fully saturated rings. The van der Waals surface area contributed by atoms with Gasteiger partial charge < -0.3 is 0 Å². The average molecular weight is 479 g/mol. The number of pyridine rings is 1. The summed E-state index contributed by atoms with van der Waals surface area (Å²) in [5.41, 5.74) is 3.22. The Kier molecular flexibility index (Phi) is 4.97. The summed E-state index contributed by atoms with van der Waals surface area (Å²) in [5.74, 6) is 0.572. The second-order valence-corrected chi connectivity index (χ2v) is 9.63. The van der Waals surface area contributed by atoms with Gasteiger partial charge in [0.2, 0.25) is 0 Å². The van der Waals surface area contributed by atoms with Crippen LogP contribution in [0.3, 0.4) is 0 Å². The van der Waals surface area contributed by atoms with E-state index in [1.54, 1.807) is 53.3 Å². The molecule has 0 aliphatic carbocycles. The fourth-order valence-corrected chi connectivity index (χ4v) is 4.99. The molecular formula is C26H18N6O2S. The van der Waals surface area contributed by atoms with Crippen molar-refractivity contribution in [3.05, 3.63) is 103 Å². The van der Waals surface area contributed by atoms with Gasteiger partial charge in [-0.2, -0.15) is 9.61 Å². The molecule has 0 bridgehead atoms. The van der Waals surface area contributed by atoms with Gasteiger partial charge >= 0.3 is 0 Å². The van der Waals surface area contributed by atoms with Crippen LogP contribution in [0, 0.1) is 0 Å². The molecule has 3 heterocycles. The van der Waals surface area contributed by atoms with Crippen molar-refractivity contribution >= 4 is 32.1 Å². The first-order valence-corrected chi connectivity index (χ1v) is 12.3. The van der Waals surface area contributed by atoms with E-state index in [-0.39, 0.29) is 4.90 Å². The lowest BCUT2D eigenvalue weighted by Gasteiger charge is -2.10. The predicted octanol–water partition coefficient (Wildman–Crippen LogP) is 4.81. The highest BCUT2D eigenvalue weighted by atomic mass is 32.2. The van der Waals surface area contributed by atoms with Crippen LogP contribution in [-0.4, -0.2) is 33.2 Å². The number of fused-ring (bicyclic) bond motifs is 2. The van der Waals surface area contributed by atoms with Crippen LogP contribution in [0.2, 0.25) is 0 Å². The Morgan fingerprint density at radius 2 is 1.60 bits per heavy atom. The molecule has 6 aromatic rings. The van der Waals surface area contributed by atoms with E-state index in [1.807, 2.05) is 54.6 Å². The lowest BCUT2D eigenvalue weighted by molar-refractivity contribution is 0.601. The number of rotatable bonds is 5. The lowest BCUT2D eigenvalue weighted by atomic mass is 10.1. The monoisotopic (exact) mass is 478 g/mol. The maximum absolute atomic E-state index is 13.1. The summed E-state index contributed by atoms with van der Waals surface area (Å²) in [6, 6.07) is 27.2. The van der Waals surface area contributed by atoms with Crippen LogP contribution in [-0.2, 0) is 10.0 Å². The second-order valence-electron chi connectivity index (χ2n) is 7.95. The van der Waals surface area contributed by atoms with E-state index in [0.29, 0.717) is 22.9 Å². The smallest absolute Gasteiger partial charge is 0.261 e. The molecule has 9 heteroatoms. The Labute approximate surface area is 201 Å². The van der Waals surface area contributed by atoms with Gasteiger partial charge in [-0.15, -0.1) is 10.2 Å². The fourth-order valence-electron chi connectivity index (χ4n) is 3.91. The van der Waals surface area contributed by atoms with E-state index in [0.717, 1.165) is 21.9 Å². The van der Waals surface area contributed by atoms with Crippen LogP contribution in [0.5, 0.6) is 0 Å². The molecule has 0 aliphatic heterocycles. The number of anilines is 1.